The molecule has 1 atom stereocenters. The molecule has 94 valence electrons. The Morgan fingerprint density at radius 3 is 2.89 bits per heavy atom. The molecule has 1 heterocycles. The molecule has 1 aromatic carbocycles. The molecule has 0 aliphatic rings. The molecule has 2 aromatic rings. The highest BCUT2D eigenvalue weighted by Crippen LogP contribution is 2.18. The molecule has 0 aliphatic carbocycles. The summed E-state index contributed by atoms with van der Waals surface area (Å²) in [4.78, 5) is 16.4. The fourth-order valence-electron chi connectivity index (χ4n) is 1.59. The van der Waals surface area contributed by atoms with E-state index in [0.29, 0.717) is 11.3 Å². The monoisotopic (exact) mass is 261 g/mol. The Bertz CT molecular complexity index is 565. The van der Waals surface area contributed by atoms with Crippen LogP contribution in [0.15, 0.2) is 29.6 Å². The van der Waals surface area contributed by atoms with E-state index in [2.05, 4.69) is 10.3 Å². The molecule has 5 heteroatoms. The number of benzene rings is 1. The third kappa shape index (κ3) is 2.87. The molecule has 0 fully saturated rings. The zero-order valence-corrected chi connectivity index (χ0v) is 11.1. The van der Waals surface area contributed by atoms with Gasteiger partial charge in [0.1, 0.15) is 5.01 Å². The van der Waals surface area contributed by atoms with Gasteiger partial charge in [-0.3, -0.25) is 4.79 Å². The first-order chi connectivity index (χ1) is 8.56. The fourth-order valence-corrected chi connectivity index (χ4v) is 2.40. The van der Waals surface area contributed by atoms with E-state index in [0.717, 1.165) is 10.7 Å². The minimum absolute atomic E-state index is 0.0994. The van der Waals surface area contributed by atoms with Gasteiger partial charge in [-0.25, -0.2) is 4.98 Å². The first-order valence-electron chi connectivity index (χ1n) is 5.64. The summed E-state index contributed by atoms with van der Waals surface area (Å²) >= 11 is 1.55. The van der Waals surface area contributed by atoms with E-state index >= 15 is 0 Å². The summed E-state index contributed by atoms with van der Waals surface area (Å²) in [5.74, 6) is -0.136. The number of thiazole rings is 1. The average Bonchev–Trinajstić information content (AvgIpc) is 2.76. The van der Waals surface area contributed by atoms with Crippen molar-refractivity contribution in [3.05, 3.63) is 45.9 Å². The number of aromatic nitrogens is 1. The first-order valence-corrected chi connectivity index (χ1v) is 6.52. The first kappa shape index (κ1) is 12.6. The number of hydrogen-bond donors (Lipinski definition) is 2. The van der Waals surface area contributed by atoms with Gasteiger partial charge >= 0.3 is 0 Å². The van der Waals surface area contributed by atoms with Crippen LogP contribution in [-0.2, 0) is 0 Å². The van der Waals surface area contributed by atoms with E-state index in [9.17, 15) is 4.79 Å². The second kappa shape index (κ2) is 5.18. The summed E-state index contributed by atoms with van der Waals surface area (Å²) in [6.45, 7) is 3.86. The van der Waals surface area contributed by atoms with Crippen LogP contribution in [0.5, 0.6) is 0 Å². The smallest absolute Gasteiger partial charge is 0.251 e. The van der Waals surface area contributed by atoms with Crippen LogP contribution in [0.4, 0.5) is 5.69 Å². The van der Waals surface area contributed by atoms with Gasteiger partial charge in [0.15, 0.2) is 0 Å². The van der Waals surface area contributed by atoms with E-state index in [1.165, 1.54) is 0 Å². The minimum atomic E-state index is -0.136. The number of aryl methyl sites for hydroxylation is 1. The van der Waals surface area contributed by atoms with Crippen LogP contribution in [-0.4, -0.2) is 10.9 Å². The summed E-state index contributed by atoms with van der Waals surface area (Å²) in [5.41, 5.74) is 7.77. The Hall–Kier alpha value is -1.88. The molecule has 3 N–H and O–H groups in total. The number of anilines is 1. The Labute approximate surface area is 110 Å². The number of carbonyl (C=O) groups excluding carboxylic acids is 1. The molecule has 18 heavy (non-hydrogen) atoms. The molecular weight excluding hydrogens is 246 g/mol. The molecule has 1 unspecified atom stereocenters. The Morgan fingerprint density at radius 2 is 2.28 bits per heavy atom. The molecular formula is C13H15N3OS. The molecule has 0 radical (unpaired) electrons. The zero-order chi connectivity index (χ0) is 13.1. The molecule has 2 rings (SSSR count). The zero-order valence-electron chi connectivity index (χ0n) is 10.3. The topological polar surface area (TPSA) is 68.0 Å². The number of amides is 1. The summed E-state index contributed by atoms with van der Waals surface area (Å²) in [6.07, 6.45) is 0. The van der Waals surface area contributed by atoms with Crippen LogP contribution in [0.2, 0.25) is 0 Å². The molecule has 0 saturated heterocycles. The highest BCUT2D eigenvalue weighted by Gasteiger charge is 2.13. The number of nitrogen functional groups attached to an aromatic ring is 1. The highest BCUT2D eigenvalue weighted by molar-refractivity contribution is 7.09. The van der Waals surface area contributed by atoms with Crippen molar-refractivity contribution in [1.82, 2.24) is 10.3 Å². The van der Waals surface area contributed by atoms with Crippen LogP contribution in [0.3, 0.4) is 0 Å². The summed E-state index contributed by atoms with van der Waals surface area (Å²) in [5, 5.41) is 5.78. The summed E-state index contributed by atoms with van der Waals surface area (Å²) in [6, 6.07) is 6.82. The Kier molecular flexibility index (Phi) is 3.62. The van der Waals surface area contributed by atoms with Crippen molar-refractivity contribution in [2.75, 3.05) is 5.73 Å². The van der Waals surface area contributed by atoms with E-state index < -0.39 is 0 Å². The van der Waals surface area contributed by atoms with E-state index in [4.69, 9.17) is 5.73 Å². The molecule has 1 amide bonds. The number of carbonyl (C=O) groups is 1. The SMILES string of the molecule is Cc1csc(C(C)NC(=O)c2cccc(N)c2)n1. The number of nitrogens with zero attached hydrogens (tertiary/aromatic N) is 1. The van der Waals surface area contributed by atoms with Crippen LogP contribution >= 0.6 is 11.3 Å². The maximum Gasteiger partial charge on any atom is 0.251 e. The minimum Gasteiger partial charge on any atom is -0.399 e. The number of hydrogen-bond acceptors (Lipinski definition) is 4. The number of nitrogens with two attached hydrogens (primary N) is 1. The second-order valence-electron chi connectivity index (χ2n) is 4.15. The lowest BCUT2D eigenvalue weighted by atomic mass is 10.2. The molecule has 4 nitrogen and oxygen atoms in total. The number of rotatable bonds is 3. The molecule has 0 saturated carbocycles. The molecule has 0 spiro atoms. The lowest BCUT2D eigenvalue weighted by molar-refractivity contribution is 0.0940. The average molecular weight is 261 g/mol. The van der Waals surface area contributed by atoms with E-state index in [1.54, 1.807) is 35.6 Å². The standard InChI is InChI=1S/C13H15N3OS/c1-8-7-18-13(15-8)9(2)16-12(17)10-4-3-5-11(14)6-10/h3-7,9H,14H2,1-2H3,(H,16,17). The summed E-state index contributed by atoms with van der Waals surface area (Å²) in [7, 11) is 0. The Balaban J connectivity index is 2.08. The third-order valence-electron chi connectivity index (χ3n) is 2.50. The molecule has 0 bridgehead atoms. The van der Waals surface area contributed by atoms with Crippen molar-refractivity contribution >= 4 is 22.9 Å². The van der Waals surface area contributed by atoms with Gasteiger partial charge in [0, 0.05) is 22.3 Å². The van der Waals surface area contributed by atoms with Gasteiger partial charge in [0.2, 0.25) is 0 Å². The van der Waals surface area contributed by atoms with Crippen LogP contribution in [0.25, 0.3) is 0 Å². The van der Waals surface area contributed by atoms with Gasteiger partial charge in [0.25, 0.3) is 5.91 Å². The van der Waals surface area contributed by atoms with Crippen LogP contribution in [0.1, 0.15) is 34.0 Å². The maximum atomic E-state index is 12.0. The quantitative estimate of drug-likeness (QED) is 0.834. The maximum absolute atomic E-state index is 12.0. The third-order valence-corrected chi connectivity index (χ3v) is 3.65. The van der Waals surface area contributed by atoms with Crippen molar-refractivity contribution in [2.45, 2.75) is 19.9 Å². The van der Waals surface area contributed by atoms with Crippen molar-refractivity contribution in [2.24, 2.45) is 0 Å². The second-order valence-corrected chi connectivity index (χ2v) is 5.04. The van der Waals surface area contributed by atoms with Gasteiger partial charge in [-0.05, 0) is 32.0 Å². The molecule has 0 aliphatic heterocycles. The fraction of sp³-hybridized carbons (Fsp3) is 0.231. The van der Waals surface area contributed by atoms with Gasteiger partial charge in [-0.2, -0.15) is 0 Å². The van der Waals surface area contributed by atoms with Gasteiger partial charge < -0.3 is 11.1 Å². The molecule has 1 aromatic heterocycles. The van der Waals surface area contributed by atoms with Crippen molar-refractivity contribution in [1.29, 1.82) is 0 Å². The van der Waals surface area contributed by atoms with Gasteiger partial charge in [0.05, 0.1) is 6.04 Å². The van der Waals surface area contributed by atoms with Crippen LogP contribution in [0, 0.1) is 6.92 Å². The lowest BCUT2D eigenvalue weighted by Gasteiger charge is -2.11. The van der Waals surface area contributed by atoms with E-state index in [-0.39, 0.29) is 11.9 Å². The van der Waals surface area contributed by atoms with Crippen molar-refractivity contribution < 1.29 is 4.79 Å². The largest absolute Gasteiger partial charge is 0.399 e. The normalized spacial score (nSPS) is 12.1. The highest BCUT2D eigenvalue weighted by atomic mass is 32.1. The summed E-state index contributed by atoms with van der Waals surface area (Å²) < 4.78 is 0. The van der Waals surface area contributed by atoms with E-state index in [1.807, 2.05) is 19.2 Å². The van der Waals surface area contributed by atoms with Gasteiger partial charge in [-0.15, -0.1) is 11.3 Å². The van der Waals surface area contributed by atoms with Crippen molar-refractivity contribution in [3.8, 4) is 0 Å². The Morgan fingerprint density at radius 1 is 1.50 bits per heavy atom. The lowest BCUT2D eigenvalue weighted by Crippen LogP contribution is -2.26. The van der Waals surface area contributed by atoms with Crippen LogP contribution < -0.4 is 11.1 Å². The number of nitrogens with one attached hydrogen (secondary N) is 1. The predicted molar refractivity (Wildman–Crippen MR) is 73.6 cm³/mol. The van der Waals surface area contributed by atoms with Gasteiger partial charge in [-0.1, -0.05) is 6.07 Å². The van der Waals surface area contributed by atoms with Crippen molar-refractivity contribution in [3.63, 3.8) is 0 Å². The predicted octanol–water partition coefficient (Wildman–Crippen LogP) is 2.52.